The average molecular weight is 351 g/mol. The summed E-state index contributed by atoms with van der Waals surface area (Å²) in [5, 5.41) is 0. The van der Waals surface area contributed by atoms with E-state index in [0.29, 0.717) is 13.2 Å². The summed E-state index contributed by atoms with van der Waals surface area (Å²) >= 11 is 0. The molecule has 0 saturated carbocycles. The van der Waals surface area contributed by atoms with Gasteiger partial charge in [-0.15, -0.1) is 0 Å². The second kappa shape index (κ2) is 12.4. The van der Waals surface area contributed by atoms with Crippen molar-refractivity contribution in [1.82, 2.24) is 5.48 Å². The molecule has 0 fully saturated rings. The lowest BCUT2D eigenvalue weighted by Gasteiger charge is -2.13. The summed E-state index contributed by atoms with van der Waals surface area (Å²) in [6.07, 6.45) is -1.56. The van der Waals surface area contributed by atoms with Crippen LogP contribution in [0.25, 0.3) is 0 Å². The zero-order valence-corrected chi connectivity index (χ0v) is 15.0. The Hall–Kier alpha value is -1.95. The van der Waals surface area contributed by atoms with Gasteiger partial charge >= 0.3 is 0 Å². The molecule has 0 aliphatic rings. The SMILES string of the molecule is CCOC(C#Cc1cccc(CONC(=O)C(OC)OC)c1)OCC. The highest BCUT2D eigenvalue weighted by molar-refractivity contribution is 5.78. The normalized spacial score (nSPS) is 10.6. The molecule has 0 heterocycles. The number of carbonyl (C=O) groups excluding carboxylic acids is 1. The molecule has 0 saturated heterocycles. The van der Waals surface area contributed by atoms with E-state index >= 15 is 0 Å². The minimum atomic E-state index is -1.01. The molecule has 1 amide bonds. The zero-order chi connectivity index (χ0) is 18.5. The largest absolute Gasteiger partial charge is 0.348 e. The number of methoxy groups -OCH3 is 2. The Kier molecular flexibility index (Phi) is 10.5. The van der Waals surface area contributed by atoms with Crippen molar-refractivity contribution >= 4 is 5.91 Å². The summed E-state index contributed by atoms with van der Waals surface area (Å²) in [4.78, 5) is 16.8. The Labute approximate surface area is 148 Å². The first kappa shape index (κ1) is 21.1. The number of hydrogen-bond donors (Lipinski definition) is 1. The average Bonchev–Trinajstić information content (AvgIpc) is 2.61. The van der Waals surface area contributed by atoms with Crippen molar-refractivity contribution in [3.8, 4) is 11.8 Å². The summed E-state index contributed by atoms with van der Waals surface area (Å²) in [6.45, 7) is 5.00. The number of amides is 1. The fourth-order valence-corrected chi connectivity index (χ4v) is 1.86. The number of hydroxylamine groups is 1. The van der Waals surface area contributed by atoms with E-state index in [-0.39, 0.29) is 6.61 Å². The van der Waals surface area contributed by atoms with Gasteiger partial charge in [0.25, 0.3) is 5.91 Å². The number of benzene rings is 1. The number of nitrogens with one attached hydrogen (secondary N) is 1. The molecule has 1 aromatic rings. The molecule has 138 valence electrons. The van der Waals surface area contributed by atoms with Gasteiger partial charge in [-0.25, -0.2) is 5.48 Å². The minimum Gasteiger partial charge on any atom is -0.348 e. The van der Waals surface area contributed by atoms with Crippen LogP contribution in [0.2, 0.25) is 0 Å². The van der Waals surface area contributed by atoms with E-state index in [0.717, 1.165) is 11.1 Å². The van der Waals surface area contributed by atoms with Crippen molar-refractivity contribution in [2.75, 3.05) is 27.4 Å². The predicted molar refractivity (Wildman–Crippen MR) is 91.1 cm³/mol. The van der Waals surface area contributed by atoms with Crippen molar-refractivity contribution in [3.63, 3.8) is 0 Å². The van der Waals surface area contributed by atoms with Crippen molar-refractivity contribution in [2.45, 2.75) is 33.0 Å². The zero-order valence-electron chi connectivity index (χ0n) is 15.0. The summed E-state index contributed by atoms with van der Waals surface area (Å²) < 4.78 is 20.4. The fraction of sp³-hybridized carbons (Fsp3) is 0.500. The third-order valence-corrected chi connectivity index (χ3v) is 2.95. The first-order chi connectivity index (χ1) is 12.1. The molecular formula is C18H25NO6. The number of ether oxygens (including phenoxy) is 4. The first-order valence-corrected chi connectivity index (χ1v) is 7.95. The van der Waals surface area contributed by atoms with Gasteiger partial charge in [0.15, 0.2) is 0 Å². The van der Waals surface area contributed by atoms with Crippen LogP contribution in [0.1, 0.15) is 25.0 Å². The number of rotatable bonds is 10. The molecule has 25 heavy (non-hydrogen) atoms. The monoisotopic (exact) mass is 351 g/mol. The fourth-order valence-electron chi connectivity index (χ4n) is 1.86. The third kappa shape index (κ3) is 8.12. The van der Waals surface area contributed by atoms with Crippen LogP contribution in [0.5, 0.6) is 0 Å². The van der Waals surface area contributed by atoms with Crippen molar-refractivity contribution < 1.29 is 28.6 Å². The summed E-state index contributed by atoms with van der Waals surface area (Å²) in [5.74, 6) is 5.42. The van der Waals surface area contributed by atoms with Gasteiger partial charge in [-0.1, -0.05) is 18.1 Å². The van der Waals surface area contributed by atoms with Gasteiger partial charge in [0.05, 0.1) is 6.61 Å². The van der Waals surface area contributed by atoms with E-state index in [9.17, 15) is 4.79 Å². The van der Waals surface area contributed by atoms with E-state index in [1.54, 1.807) is 0 Å². The van der Waals surface area contributed by atoms with E-state index < -0.39 is 18.5 Å². The lowest BCUT2D eigenvalue weighted by Crippen LogP contribution is -2.36. The summed E-state index contributed by atoms with van der Waals surface area (Å²) in [7, 11) is 2.74. The van der Waals surface area contributed by atoms with Crippen LogP contribution in [-0.2, 0) is 35.2 Å². The minimum absolute atomic E-state index is 0.182. The van der Waals surface area contributed by atoms with Crippen LogP contribution in [0, 0.1) is 11.8 Å². The van der Waals surface area contributed by atoms with Crippen LogP contribution in [0.4, 0.5) is 0 Å². The van der Waals surface area contributed by atoms with Gasteiger partial charge in [0.1, 0.15) is 0 Å². The van der Waals surface area contributed by atoms with E-state index in [1.807, 2.05) is 38.1 Å². The maximum atomic E-state index is 11.6. The molecule has 0 bridgehead atoms. The van der Waals surface area contributed by atoms with Crippen LogP contribution < -0.4 is 5.48 Å². The van der Waals surface area contributed by atoms with Gasteiger partial charge < -0.3 is 18.9 Å². The highest BCUT2D eigenvalue weighted by Crippen LogP contribution is 2.06. The first-order valence-electron chi connectivity index (χ1n) is 7.95. The van der Waals surface area contributed by atoms with Crippen molar-refractivity contribution in [3.05, 3.63) is 35.4 Å². The van der Waals surface area contributed by atoms with Gasteiger partial charge in [-0.05, 0) is 37.5 Å². The van der Waals surface area contributed by atoms with E-state index in [4.69, 9.17) is 23.8 Å². The Morgan fingerprint density at radius 3 is 2.44 bits per heavy atom. The Morgan fingerprint density at radius 2 is 1.84 bits per heavy atom. The predicted octanol–water partition coefficient (Wildman–Crippen LogP) is 1.60. The van der Waals surface area contributed by atoms with Crippen molar-refractivity contribution in [1.29, 1.82) is 0 Å². The summed E-state index contributed by atoms with van der Waals surface area (Å²) in [6, 6.07) is 7.45. The molecule has 1 rings (SSSR count). The van der Waals surface area contributed by atoms with Crippen molar-refractivity contribution in [2.24, 2.45) is 0 Å². The molecule has 7 nitrogen and oxygen atoms in total. The molecule has 0 unspecified atom stereocenters. The second-order valence-corrected chi connectivity index (χ2v) is 4.77. The second-order valence-electron chi connectivity index (χ2n) is 4.77. The van der Waals surface area contributed by atoms with Crippen LogP contribution in [-0.4, -0.2) is 45.9 Å². The molecule has 0 radical (unpaired) electrons. The molecule has 0 aliphatic heterocycles. The molecule has 0 aromatic heterocycles. The lowest BCUT2D eigenvalue weighted by atomic mass is 10.1. The van der Waals surface area contributed by atoms with Gasteiger partial charge in [-0.2, -0.15) is 0 Å². The lowest BCUT2D eigenvalue weighted by molar-refractivity contribution is -0.172. The molecule has 0 spiro atoms. The molecular weight excluding hydrogens is 326 g/mol. The van der Waals surface area contributed by atoms with E-state index in [1.165, 1.54) is 14.2 Å². The molecule has 0 atom stereocenters. The van der Waals surface area contributed by atoms with E-state index in [2.05, 4.69) is 17.3 Å². The molecule has 1 aromatic carbocycles. The van der Waals surface area contributed by atoms with Gasteiger partial charge in [0, 0.05) is 33.0 Å². The number of carbonyl (C=O) groups is 1. The molecule has 7 heteroatoms. The Bertz CT molecular complexity index is 570. The topological polar surface area (TPSA) is 75.3 Å². The molecule has 0 aliphatic carbocycles. The third-order valence-electron chi connectivity index (χ3n) is 2.95. The maximum Gasteiger partial charge on any atom is 0.300 e. The highest BCUT2D eigenvalue weighted by Gasteiger charge is 2.16. The number of hydrogen-bond acceptors (Lipinski definition) is 6. The van der Waals surface area contributed by atoms with Crippen LogP contribution >= 0.6 is 0 Å². The molecule has 1 N–H and O–H groups in total. The maximum absolute atomic E-state index is 11.6. The summed E-state index contributed by atoms with van der Waals surface area (Å²) in [5.41, 5.74) is 3.92. The highest BCUT2D eigenvalue weighted by atomic mass is 16.7. The standard InChI is InChI=1S/C18H25NO6/c1-5-23-16(24-6-2)11-10-14-8-7-9-15(12-14)13-25-19-17(20)18(21-3)22-4/h7-9,12,16,18H,5-6,13H2,1-4H3,(H,19,20). The van der Waals surface area contributed by atoms with Gasteiger partial charge in [-0.3, -0.25) is 9.63 Å². The Balaban J connectivity index is 2.59. The quantitative estimate of drug-likeness (QED) is 0.392. The van der Waals surface area contributed by atoms with Gasteiger partial charge in [0.2, 0.25) is 12.6 Å². The Morgan fingerprint density at radius 1 is 1.16 bits per heavy atom. The van der Waals surface area contributed by atoms with Crippen LogP contribution in [0.15, 0.2) is 24.3 Å². The smallest absolute Gasteiger partial charge is 0.300 e. The van der Waals surface area contributed by atoms with Crippen LogP contribution in [0.3, 0.4) is 0 Å².